The minimum absolute atomic E-state index is 0.0273. The zero-order valence-electron chi connectivity index (χ0n) is 17.4. The molecule has 2 aromatic rings. The molecule has 0 aromatic heterocycles. The zero-order valence-corrected chi connectivity index (χ0v) is 17.4. The number of aliphatic hydroxyl groups is 1. The fraction of sp³-hybridized carbons (Fsp3) is 0.304. The van der Waals surface area contributed by atoms with Gasteiger partial charge >= 0.3 is 0 Å². The van der Waals surface area contributed by atoms with Gasteiger partial charge in [0.1, 0.15) is 5.76 Å². The molecule has 1 N–H and O–H groups in total. The number of carbonyl (C=O) groups excluding carboxylic acids is 2. The van der Waals surface area contributed by atoms with Crippen LogP contribution in [0.2, 0.25) is 0 Å². The van der Waals surface area contributed by atoms with Gasteiger partial charge in [-0.15, -0.1) is 0 Å². The average molecular weight is 424 g/mol. The first-order chi connectivity index (χ1) is 14.9. The number of hydrogen-bond donors (Lipinski definition) is 1. The maximum atomic E-state index is 12.9. The SMILES string of the molecule is CCc1ccc(C2/C(=C(/O)c3ccc([N+](=O)[O-])cc3)C(=O)C(=O)N2CCCOC)cc1. The summed E-state index contributed by atoms with van der Waals surface area (Å²) in [5, 5.41) is 21.9. The van der Waals surface area contributed by atoms with Crippen LogP contribution in [0.15, 0.2) is 54.1 Å². The number of non-ortho nitro benzene ring substituents is 1. The second-order valence-corrected chi connectivity index (χ2v) is 7.24. The molecule has 1 saturated heterocycles. The number of carbonyl (C=O) groups is 2. The Kier molecular flexibility index (Phi) is 6.81. The summed E-state index contributed by atoms with van der Waals surface area (Å²) < 4.78 is 5.07. The molecule has 1 atom stereocenters. The Morgan fingerprint density at radius 2 is 1.77 bits per heavy atom. The van der Waals surface area contributed by atoms with Crippen molar-refractivity contribution in [3.05, 3.63) is 80.9 Å². The number of ketones is 1. The highest BCUT2D eigenvalue weighted by atomic mass is 16.6. The molecule has 31 heavy (non-hydrogen) atoms. The Morgan fingerprint density at radius 1 is 1.13 bits per heavy atom. The third kappa shape index (κ3) is 4.49. The van der Waals surface area contributed by atoms with E-state index in [1.165, 1.54) is 29.2 Å². The molecule has 0 radical (unpaired) electrons. The molecular weight excluding hydrogens is 400 g/mol. The molecular formula is C23H24N2O6. The lowest BCUT2D eigenvalue weighted by Gasteiger charge is -2.25. The molecule has 0 aliphatic carbocycles. The second-order valence-electron chi connectivity index (χ2n) is 7.24. The van der Waals surface area contributed by atoms with E-state index in [1.54, 1.807) is 7.11 Å². The Hall–Kier alpha value is -3.52. The van der Waals surface area contributed by atoms with E-state index in [0.29, 0.717) is 18.6 Å². The largest absolute Gasteiger partial charge is 0.507 e. The minimum atomic E-state index is -0.780. The highest BCUT2D eigenvalue weighted by molar-refractivity contribution is 6.46. The first-order valence-electron chi connectivity index (χ1n) is 10.00. The zero-order chi connectivity index (χ0) is 22.5. The predicted octanol–water partition coefficient (Wildman–Crippen LogP) is 3.62. The van der Waals surface area contributed by atoms with Crippen LogP contribution in [0, 0.1) is 10.1 Å². The molecule has 162 valence electrons. The molecule has 0 bridgehead atoms. The number of hydrogen-bond acceptors (Lipinski definition) is 6. The highest BCUT2D eigenvalue weighted by Gasteiger charge is 2.45. The standard InChI is InChI=1S/C23H24N2O6/c1-3-15-5-7-16(8-6-15)20-19(22(27)23(28)24(20)13-4-14-31-2)21(26)17-9-11-18(12-10-17)25(29)30/h5-12,20,26H,3-4,13-14H2,1-2H3/b21-19-. The van der Waals surface area contributed by atoms with Crippen LogP contribution in [0.3, 0.4) is 0 Å². The number of benzene rings is 2. The average Bonchev–Trinajstić information content (AvgIpc) is 3.04. The van der Waals surface area contributed by atoms with E-state index in [-0.39, 0.29) is 29.1 Å². The van der Waals surface area contributed by atoms with Gasteiger partial charge in [0.15, 0.2) is 0 Å². The number of ether oxygens (including phenoxy) is 1. The number of nitrogens with zero attached hydrogens (tertiary/aromatic N) is 2. The van der Waals surface area contributed by atoms with Crippen molar-refractivity contribution in [3.8, 4) is 0 Å². The molecule has 2 aromatic carbocycles. The summed E-state index contributed by atoms with van der Waals surface area (Å²) in [6.07, 6.45) is 1.38. The van der Waals surface area contributed by atoms with Crippen molar-refractivity contribution in [1.82, 2.24) is 4.90 Å². The lowest BCUT2D eigenvalue weighted by atomic mass is 9.94. The van der Waals surface area contributed by atoms with Crippen LogP contribution in [-0.2, 0) is 20.7 Å². The second kappa shape index (κ2) is 9.53. The van der Waals surface area contributed by atoms with Gasteiger partial charge in [-0.25, -0.2) is 0 Å². The lowest BCUT2D eigenvalue weighted by molar-refractivity contribution is -0.384. The van der Waals surface area contributed by atoms with Crippen molar-refractivity contribution >= 4 is 23.1 Å². The smallest absolute Gasteiger partial charge is 0.295 e. The summed E-state index contributed by atoms with van der Waals surface area (Å²) in [5.41, 5.74) is 1.88. The third-order valence-electron chi connectivity index (χ3n) is 5.34. The van der Waals surface area contributed by atoms with Gasteiger partial charge in [0.2, 0.25) is 0 Å². The van der Waals surface area contributed by atoms with Crippen LogP contribution >= 0.6 is 0 Å². The summed E-state index contributed by atoms with van der Waals surface area (Å²) in [5.74, 6) is -1.82. The number of nitro benzene ring substituents is 1. The van der Waals surface area contributed by atoms with Crippen LogP contribution < -0.4 is 0 Å². The Labute approximate surface area is 179 Å². The highest BCUT2D eigenvalue weighted by Crippen LogP contribution is 2.39. The Bertz CT molecular complexity index is 1010. The number of Topliss-reactive ketones (excluding diaryl/α,β-unsaturated/α-hetero) is 1. The Morgan fingerprint density at radius 3 is 2.32 bits per heavy atom. The van der Waals surface area contributed by atoms with Crippen LogP contribution in [0.1, 0.15) is 36.1 Å². The fourth-order valence-electron chi connectivity index (χ4n) is 3.67. The molecule has 1 unspecified atom stereocenters. The molecule has 1 amide bonds. The monoisotopic (exact) mass is 424 g/mol. The molecule has 1 fully saturated rings. The van der Waals surface area contributed by atoms with Crippen LogP contribution in [0.25, 0.3) is 5.76 Å². The summed E-state index contributed by atoms with van der Waals surface area (Å²) in [4.78, 5) is 37.5. The van der Waals surface area contributed by atoms with Crippen molar-refractivity contribution in [2.75, 3.05) is 20.3 Å². The first kappa shape index (κ1) is 22.2. The number of methoxy groups -OCH3 is 1. The van der Waals surface area contributed by atoms with E-state index in [1.807, 2.05) is 31.2 Å². The Balaban J connectivity index is 2.09. The summed E-state index contributed by atoms with van der Waals surface area (Å²) in [6, 6.07) is 12.0. The molecule has 8 nitrogen and oxygen atoms in total. The molecule has 3 rings (SSSR count). The van der Waals surface area contributed by atoms with Crippen LogP contribution in [-0.4, -0.2) is 46.9 Å². The van der Waals surface area contributed by atoms with E-state index < -0.39 is 22.7 Å². The number of nitro groups is 1. The van der Waals surface area contributed by atoms with E-state index in [0.717, 1.165) is 12.0 Å². The van der Waals surface area contributed by atoms with Gasteiger partial charge in [0, 0.05) is 38.0 Å². The minimum Gasteiger partial charge on any atom is -0.507 e. The van der Waals surface area contributed by atoms with Gasteiger partial charge in [-0.05, 0) is 36.1 Å². The number of amides is 1. The van der Waals surface area contributed by atoms with E-state index in [2.05, 4.69) is 0 Å². The molecule has 0 saturated carbocycles. The fourth-order valence-corrected chi connectivity index (χ4v) is 3.67. The van der Waals surface area contributed by atoms with E-state index in [4.69, 9.17) is 4.74 Å². The normalized spacial score (nSPS) is 17.9. The van der Waals surface area contributed by atoms with Crippen molar-refractivity contribution in [2.45, 2.75) is 25.8 Å². The van der Waals surface area contributed by atoms with E-state index >= 15 is 0 Å². The van der Waals surface area contributed by atoms with Crippen LogP contribution in [0.5, 0.6) is 0 Å². The van der Waals surface area contributed by atoms with Gasteiger partial charge in [0.05, 0.1) is 16.5 Å². The quantitative estimate of drug-likeness (QED) is 0.173. The van der Waals surface area contributed by atoms with Crippen molar-refractivity contribution in [3.63, 3.8) is 0 Å². The number of rotatable bonds is 8. The maximum absolute atomic E-state index is 12.9. The third-order valence-corrected chi connectivity index (χ3v) is 5.34. The predicted molar refractivity (Wildman–Crippen MR) is 114 cm³/mol. The van der Waals surface area contributed by atoms with Gasteiger partial charge in [0.25, 0.3) is 17.4 Å². The molecule has 1 aliphatic rings. The van der Waals surface area contributed by atoms with Gasteiger partial charge in [-0.3, -0.25) is 19.7 Å². The van der Waals surface area contributed by atoms with Gasteiger partial charge < -0.3 is 14.7 Å². The van der Waals surface area contributed by atoms with Crippen LogP contribution in [0.4, 0.5) is 5.69 Å². The molecule has 1 aliphatic heterocycles. The van der Waals surface area contributed by atoms with Gasteiger partial charge in [-0.1, -0.05) is 31.2 Å². The van der Waals surface area contributed by atoms with Gasteiger partial charge in [-0.2, -0.15) is 0 Å². The summed E-state index contributed by atoms with van der Waals surface area (Å²) in [6.45, 7) is 2.74. The van der Waals surface area contributed by atoms with E-state index in [9.17, 15) is 24.8 Å². The molecule has 1 heterocycles. The number of aryl methyl sites for hydroxylation is 1. The summed E-state index contributed by atoms with van der Waals surface area (Å²) in [7, 11) is 1.56. The topological polar surface area (TPSA) is 110 Å². The maximum Gasteiger partial charge on any atom is 0.295 e. The first-order valence-corrected chi connectivity index (χ1v) is 10.00. The summed E-state index contributed by atoms with van der Waals surface area (Å²) >= 11 is 0. The molecule has 0 spiro atoms. The lowest BCUT2D eigenvalue weighted by Crippen LogP contribution is -2.31. The van der Waals surface area contributed by atoms with Crippen molar-refractivity contribution in [1.29, 1.82) is 0 Å². The van der Waals surface area contributed by atoms with Crippen molar-refractivity contribution in [2.24, 2.45) is 0 Å². The molecule has 8 heteroatoms. The van der Waals surface area contributed by atoms with Crippen molar-refractivity contribution < 1.29 is 24.4 Å². The number of aliphatic hydroxyl groups excluding tert-OH is 1. The number of likely N-dealkylation sites (tertiary alicyclic amines) is 1.